The first-order valence-electron chi connectivity index (χ1n) is 36.3. The van der Waals surface area contributed by atoms with Gasteiger partial charge in [0, 0.05) is 25.7 Å². The average Bonchev–Trinajstić information content (AvgIpc) is 3.67. The van der Waals surface area contributed by atoms with Gasteiger partial charge in [0.05, 0.1) is 26.4 Å². The number of rotatable bonds is 67. The third-order valence-corrected chi connectivity index (χ3v) is 18.7. The number of phosphoric ester groups is 2. The minimum absolute atomic E-state index is 0.102. The third-order valence-electron chi connectivity index (χ3n) is 16.8. The molecule has 0 fully saturated rings. The molecule has 0 aromatic carbocycles. The monoisotopic (exact) mass is 1310 g/mol. The summed E-state index contributed by atoms with van der Waals surface area (Å²) in [6, 6.07) is 0. The van der Waals surface area contributed by atoms with Crippen molar-refractivity contribution in [1.82, 2.24) is 0 Å². The van der Waals surface area contributed by atoms with Crippen LogP contribution in [0.1, 0.15) is 344 Å². The van der Waals surface area contributed by atoms with E-state index in [9.17, 15) is 43.2 Å². The highest BCUT2D eigenvalue weighted by molar-refractivity contribution is 7.47. The topological polar surface area (TPSA) is 237 Å². The lowest BCUT2D eigenvalue weighted by molar-refractivity contribution is -0.161. The summed E-state index contributed by atoms with van der Waals surface area (Å²) in [6.07, 6.45) is 41.9. The molecular weight excluding hydrogens is 1170 g/mol. The number of ether oxygens (including phenoxy) is 4. The Morgan fingerprint density at radius 2 is 0.539 bits per heavy atom. The Balaban J connectivity index is 5.20. The molecule has 0 saturated heterocycles. The molecule has 5 unspecified atom stereocenters. The van der Waals surface area contributed by atoms with E-state index in [0.717, 1.165) is 120 Å². The van der Waals surface area contributed by atoms with Gasteiger partial charge >= 0.3 is 39.5 Å². The van der Waals surface area contributed by atoms with Crippen LogP contribution in [0.5, 0.6) is 0 Å². The van der Waals surface area contributed by atoms with Gasteiger partial charge in [0.1, 0.15) is 19.3 Å². The van der Waals surface area contributed by atoms with E-state index in [1.807, 2.05) is 0 Å². The maximum Gasteiger partial charge on any atom is 0.472 e. The molecule has 0 radical (unpaired) electrons. The molecule has 7 atom stereocenters. The van der Waals surface area contributed by atoms with Crippen LogP contribution in [0.25, 0.3) is 0 Å². The second-order valence-corrected chi connectivity index (χ2v) is 29.6. The zero-order valence-corrected chi connectivity index (χ0v) is 59.8. The lowest BCUT2D eigenvalue weighted by Crippen LogP contribution is -2.30. The highest BCUT2D eigenvalue weighted by Crippen LogP contribution is 2.45. The summed E-state index contributed by atoms with van der Waals surface area (Å²) in [7, 11) is -9.90. The normalized spacial score (nSPS) is 14.9. The van der Waals surface area contributed by atoms with Crippen LogP contribution >= 0.6 is 15.6 Å². The Hall–Kier alpha value is -1.94. The minimum Gasteiger partial charge on any atom is -0.462 e. The van der Waals surface area contributed by atoms with E-state index < -0.39 is 97.5 Å². The second-order valence-electron chi connectivity index (χ2n) is 26.7. The first kappa shape index (κ1) is 87.1. The summed E-state index contributed by atoms with van der Waals surface area (Å²) >= 11 is 0. The molecule has 19 heteroatoms. The fraction of sp³-hybridized carbons (Fsp3) is 0.943. The molecule has 0 spiro atoms. The number of aliphatic hydroxyl groups is 1. The van der Waals surface area contributed by atoms with Gasteiger partial charge in [-0.3, -0.25) is 37.3 Å². The number of hydrogen-bond acceptors (Lipinski definition) is 15. The number of esters is 4. The zero-order valence-electron chi connectivity index (χ0n) is 58.1. The number of carbonyl (C=O) groups is 4. The Morgan fingerprint density at radius 3 is 0.798 bits per heavy atom. The summed E-state index contributed by atoms with van der Waals surface area (Å²) in [6.45, 7) is 14.0. The van der Waals surface area contributed by atoms with Gasteiger partial charge in [-0.25, -0.2) is 9.13 Å². The van der Waals surface area contributed by atoms with Gasteiger partial charge < -0.3 is 33.8 Å². The molecule has 17 nitrogen and oxygen atoms in total. The van der Waals surface area contributed by atoms with Crippen LogP contribution in [0.4, 0.5) is 0 Å². The average molecular weight is 1310 g/mol. The summed E-state index contributed by atoms with van der Waals surface area (Å²) in [4.78, 5) is 72.4. The summed E-state index contributed by atoms with van der Waals surface area (Å²) < 4.78 is 68.2. The van der Waals surface area contributed by atoms with E-state index >= 15 is 0 Å². The van der Waals surface area contributed by atoms with Gasteiger partial charge in [-0.15, -0.1) is 0 Å². The third kappa shape index (κ3) is 62.0. The number of aliphatic hydroxyl groups excluding tert-OH is 1. The van der Waals surface area contributed by atoms with Crippen molar-refractivity contribution < 1.29 is 80.2 Å². The van der Waals surface area contributed by atoms with Crippen molar-refractivity contribution in [1.29, 1.82) is 0 Å². The fourth-order valence-corrected chi connectivity index (χ4v) is 12.0. The van der Waals surface area contributed by atoms with Gasteiger partial charge in [-0.2, -0.15) is 0 Å². The van der Waals surface area contributed by atoms with E-state index in [0.29, 0.717) is 31.6 Å². The number of hydrogen-bond donors (Lipinski definition) is 3. The Labute approximate surface area is 543 Å². The predicted molar refractivity (Wildman–Crippen MR) is 358 cm³/mol. The van der Waals surface area contributed by atoms with Crippen molar-refractivity contribution in [3.63, 3.8) is 0 Å². The number of unbranched alkanes of at least 4 members (excludes halogenated alkanes) is 31. The van der Waals surface area contributed by atoms with Crippen molar-refractivity contribution in [2.75, 3.05) is 39.6 Å². The molecule has 0 aliphatic heterocycles. The van der Waals surface area contributed by atoms with E-state index in [-0.39, 0.29) is 25.7 Å². The minimum atomic E-state index is -4.95. The molecule has 528 valence electrons. The van der Waals surface area contributed by atoms with Gasteiger partial charge in [0.2, 0.25) is 0 Å². The van der Waals surface area contributed by atoms with Gasteiger partial charge in [0.25, 0.3) is 0 Å². The van der Waals surface area contributed by atoms with Crippen LogP contribution in [0, 0.1) is 23.7 Å². The van der Waals surface area contributed by atoms with Crippen molar-refractivity contribution in [3.8, 4) is 0 Å². The van der Waals surface area contributed by atoms with Crippen LogP contribution < -0.4 is 0 Å². The van der Waals surface area contributed by atoms with Crippen molar-refractivity contribution in [2.24, 2.45) is 23.7 Å². The lowest BCUT2D eigenvalue weighted by Gasteiger charge is -2.21. The van der Waals surface area contributed by atoms with Crippen LogP contribution in [0.2, 0.25) is 0 Å². The van der Waals surface area contributed by atoms with Gasteiger partial charge in [-0.05, 0) is 49.4 Å². The number of phosphoric acid groups is 2. The Kier molecular flexibility index (Phi) is 58.5. The molecule has 0 bridgehead atoms. The van der Waals surface area contributed by atoms with Gasteiger partial charge in [0.15, 0.2) is 12.2 Å². The SMILES string of the molecule is CCC(C)CCCCCCCCC(=O)OC[C@H](COP(=O)(O)OCC(O)COP(=O)(O)OC[C@@H](COC(=O)CCCCCCCCCC(C)C)OC(=O)CCCCCCCCC(C)CC)OC(=O)CCCCCCCCCCCCCCCCCCC(C)C. The lowest BCUT2D eigenvalue weighted by atomic mass is 10.00. The van der Waals surface area contributed by atoms with Crippen LogP contribution in [0.15, 0.2) is 0 Å². The number of carbonyl (C=O) groups excluding carboxylic acids is 4. The zero-order chi connectivity index (χ0) is 66.1. The smallest absolute Gasteiger partial charge is 0.462 e. The molecule has 0 heterocycles. The van der Waals surface area contributed by atoms with Crippen LogP contribution in [-0.4, -0.2) is 96.7 Å². The summed E-state index contributed by atoms with van der Waals surface area (Å²) in [5.74, 6) is 0.831. The van der Waals surface area contributed by atoms with E-state index in [1.165, 1.54) is 135 Å². The van der Waals surface area contributed by atoms with E-state index in [1.54, 1.807) is 0 Å². The second kappa shape index (κ2) is 59.8. The van der Waals surface area contributed by atoms with Crippen LogP contribution in [-0.2, 0) is 65.4 Å². The Bertz CT molecular complexity index is 1770. The van der Waals surface area contributed by atoms with E-state index in [2.05, 4.69) is 55.4 Å². The maximum absolute atomic E-state index is 13.0. The molecule has 0 aromatic heterocycles. The molecule has 0 saturated carbocycles. The molecule has 0 aliphatic carbocycles. The maximum atomic E-state index is 13.0. The predicted octanol–water partition coefficient (Wildman–Crippen LogP) is 19.7. The van der Waals surface area contributed by atoms with Crippen molar-refractivity contribution in [3.05, 3.63) is 0 Å². The first-order chi connectivity index (χ1) is 42.7. The molecule has 3 N–H and O–H groups in total. The molecule has 0 rings (SSSR count). The van der Waals surface area contributed by atoms with Crippen molar-refractivity contribution in [2.45, 2.75) is 363 Å². The summed E-state index contributed by atoms with van der Waals surface area (Å²) in [5, 5.41) is 10.6. The molecule has 89 heavy (non-hydrogen) atoms. The van der Waals surface area contributed by atoms with Crippen LogP contribution in [0.3, 0.4) is 0 Å². The van der Waals surface area contributed by atoms with Crippen molar-refractivity contribution >= 4 is 39.5 Å². The van der Waals surface area contributed by atoms with E-state index in [4.69, 9.17) is 37.0 Å². The molecular formula is C70H136O17P2. The molecule has 0 aliphatic rings. The molecule has 0 amide bonds. The highest BCUT2D eigenvalue weighted by atomic mass is 31.2. The first-order valence-corrected chi connectivity index (χ1v) is 39.3. The Morgan fingerprint density at radius 1 is 0.315 bits per heavy atom. The van der Waals surface area contributed by atoms with Gasteiger partial charge in [-0.1, -0.05) is 293 Å². The fourth-order valence-electron chi connectivity index (χ4n) is 10.4. The summed E-state index contributed by atoms with van der Waals surface area (Å²) in [5.41, 5.74) is 0. The molecule has 0 aromatic rings. The largest absolute Gasteiger partial charge is 0.472 e. The highest BCUT2D eigenvalue weighted by Gasteiger charge is 2.30. The standard InChI is InChI=1S/C70H136O17P2/c1-9-62(7)48-40-32-26-28-35-43-51-68(73)81-57-65(86-69(74)52-44-36-24-20-18-16-14-12-11-13-15-17-19-22-30-38-46-60(3)4)58-84-88(76,77)82-54-64(71)55-83-89(78,79)85-59-66(87-70(75)53-45-37-29-27-33-41-49-63(8)10-2)56-80-67(72)50-42-34-25-21-23-31-39-47-61(5)6/h60-66,71H,9-59H2,1-8H3,(H,76,77)(H,78,79)/t62?,63?,64?,65-,66-/m1/s1. The quantitative estimate of drug-likeness (QED) is 0.0222.